The van der Waals surface area contributed by atoms with E-state index in [0.717, 1.165) is 11.4 Å². The van der Waals surface area contributed by atoms with Crippen LogP contribution in [0.3, 0.4) is 0 Å². The van der Waals surface area contributed by atoms with E-state index >= 15 is 0 Å². The van der Waals surface area contributed by atoms with Gasteiger partial charge in [-0.3, -0.25) is 14.4 Å². The van der Waals surface area contributed by atoms with Crippen molar-refractivity contribution in [3.05, 3.63) is 99.5 Å². The molecular formula is C28H29ClN4O2. The van der Waals surface area contributed by atoms with Crippen LogP contribution in [0.25, 0.3) is 10.9 Å². The second-order valence-electron chi connectivity index (χ2n) is 10.1. The van der Waals surface area contributed by atoms with Crippen molar-refractivity contribution >= 4 is 28.3 Å². The monoisotopic (exact) mass is 488 g/mol. The number of furan rings is 1. The molecule has 2 aromatic heterocycles. The first-order valence-corrected chi connectivity index (χ1v) is 12.3. The number of fused-ring (bicyclic) bond motifs is 1. The summed E-state index contributed by atoms with van der Waals surface area (Å²) in [6.07, 6.45) is 1.66. The van der Waals surface area contributed by atoms with Crippen molar-refractivity contribution in [3.63, 3.8) is 0 Å². The summed E-state index contributed by atoms with van der Waals surface area (Å²) in [6, 6.07) is 18.9. The lowest BCUT2D eigenvalue weighted by atomic mass is 9.98. The molecule has 1 aliphatic heterocycles. The van der Waals surface area contributed by atoms with Gasteiger partial charge in [0.05, 0.1) is 35.3 Å². The van der Waals surface area contributed by atoms with Crippen LogP contribution in [0.1, 0.15) is 50.9 Å². The minimum absolute atomic E-state index is 0.0777. The fourth-order valence-corrected chi connectivity index (χ4v) is 5.03. The Morgan fingerprint density at radius 3 is 2.54 bits per heavy atom. The van der Waals surface area contributed by atoms with Crippen LogP contribution in [0.5, 0.6) is 0 Å². The normalized spacial score (nSPS) is 16.2. The van der Waals surface area contributed by atoms with Gasteiger partial charge < -0.3 is 9.32 Å². The van der Waals surface area contributed by atoms with Gasteiger partial charge in [0.25, 0.3) is 5.56 Å². The molecule has 2 aromatic carbocycles. The summed E-state index contributed by atoms with van der Waals surface area (Å²) in [5.74, 6) is 2.32. The van der Waals surface area contributed by atoms with Crippen molar-refractivity contribution in [2.75, 3.05) is 6.54 Å². The first-order chi connectivity index (χ1) is 16.7. The maximum Gasteiger partial charge on any atom is 0.261 e. The predicted octanol–water partition coefficient (Wildman–Crippen LogP) is 5.93. The molecule has 0 aliphatic carbocycles. The lowest BCUT2D eigenvalue weighted by molar-refractivity contribution is 0.223. The first-order valence-electron chi connectivity index (χ1n) is 11.9. The topological polar surface area (TPSA) is 63.6 Å². The molecule has 0 spiro atoms. The van der Waals surface area contributed by atoms with E-state index in [0.29, 0.717) is 40.6 Å². The molecule has 3 heterocycles. The summed E-state index contributed by atoms with van der Waals surface area (Å²) in [5.41, 5.74) is 1.25. The maximum absolute atomic E-state index is 13.9. The van der Waals surface area contributed by atoms with Crippen LogP contribution in [0.4, 0.5) is 0 Å². The fraction of sp³-hybridized carbons (Fsp3) is 0.321. The summed E-state index contributed by atoms with van der Waals surface area (Å²) >= 11 is 6.30. The van der Waals surface area contributed by atoms with Gasteiger partial charge in [-0.05, 0) is 55.7 Å². The minimum Gasteiger partial charge on any atom is -0.461 e. The van der Waals surface area contributed by atoms with Crippen LogP contribution in [0.2, 0.25) is 5.02 Å². The largest absolute Gasteiger partial charge is 0.461 e. The molecule has 0 amide bonds. The Hall–Kier alpha value is -3.38. The van der Waals surface area contributed by atoms with Crippen molar-refractivity contribution < 1.29 is 4.42 Å². The van der Waals surface area contributed by atoms with Crippen molar-refractivity contribution in [1.29, 1.82) is 0 Å². The highest BCUT2D eigenvalue weighted by molar-refractivity contribution is 6.31. The SMILES string of the molecule is CC(C)C(c1nc2cc(Cl)ccc2c(=O)n1Cc1ccccc1)N1CC(C)(C)N=C1c1ccco1. The Morgan fingerprint density at radius 1 is 1.09 bits per heavy atom. The molecule has 0 fully saturated rings. The lowest BCUT2D eigenvalue weighted by Gasteiger charge is -2.35. The molecule has 1 unspecified atom stereocenters. The molecule has 4 aromatic rings. The second kappa shape index (κ2) is 9.00. The van der Waals surface area contributed by atoms with Gasteiger partial charge in [-0.1, -0.05) is 55.8 Å². The van der Waals surface area contributed by atoms with Gasteiger partial charge in [-0.25, -0.2) is 4.98 Å². The number of hydrogen-bond donors (Lipinski definition) is 0. The van der Waals surface area contributed by atoms with Crippen LogP contribution in [0.15, 0.2) is 81.1 Å². The molecule has 0 N–H and O–H groups in total. The summed E-state index contributed by atoms with van der Waals surface area (Å²) in [7, 11) is 0. The minimum atomic E-state index is -0.306. The van der Waals surface area contributed by atoms with Crippen LogP contribution >= 0.6 is 11.6 Å². The molecule has 0 saturated heterocycles. The third kappa shape index (κ3) is 4.50. The maximum atomic E-state index is 13.9. The highest BCUT2D eigenvalue weighted by Gasteiger charge is 2.40. The van der Waals surface area contributed by atoms with Crippen molar-refractivity contribution in [2.45, 2.75) is 45.8 Å². The van der Waals surface area contributed by atoms with Gasteiger partial charge >= 0.3 is 0 Å². The van der Waals surface area contributed by atoms with Gasteiger partial charge in [0.1, 0.15) is 5.82 Å². The lowest BCUT2D eigenvalue weighted by Crippen LogP contribution is -2.42. The number of hydrogen-bond acceptors (Lipinski definition) is 5. The number of halogens is 1. The molecule has 0 saturated carbocycles. The predicted molar refractivity (Wildman–Crippen MR) is 140 cm³/mol. The number of nitrogens with zero attached hydrogens (tertiary/aromatic N) is 4. The van der Waals surface area contributed by atoms with Crippen molar-refractivity contribution in [2.24, 2.45) is 10.9 Å². The number of rotatable bonds is 6. The summed E-state index contributed by atoms with van der Waals surface area (Å²) in [6.45, 7) is 9.62. The van der Waals surface area contributed by atoms with Crippen molar-refractivity contribution in [3.8, 4) is 0 Å². The van der Waals surface area contributed by atoms with Gasteiger partial charge in [0.15, 0.2) is 11.6 Å². The third-order valence-corrected chi connectivity index (χ3v) is 6.58. The number of aliphatic imine (C=N–C) groups is 1. The first kappa shape index (κ1) is 23.4. The van der Waals surface area contributed by atoms with E-state index in [9.17, 15) is 4.79 Å². The average molecular weight is 489 g/mol. The van der Waals surface area contributed by atoms with E-state index in [1.807, 2.05) is 42.5 Å². The smallest absolute Gasteiger partial charge is 0.261 e. The standard InChI is InChI=1S/C28H29ClN4O2/c1-18(2)24(33-17-28(3,4)31-25(33)23-11-8-14-35-23)26-30-22-15-20(29)12-13-21(22)27(34)32(26)16-19-9-6-5-7-10-19/h5-15,18,24H,16-17H2,1-4H3. The van der Waals surface area contributed by atoms with E-state index in [-0.39, 0.29) is 23.1 Å². The van der Waals surface area contributed by atoms with Crippen LogP contribution in [-0.4, -0.2) is 32.4 Å². The molecule has 5 rings (SSSR count). The molecule has 180 valence electrons. The zero-order chi connectivity index (χ0) is 24.7. The quantitative estimate of drug-likeness (QED) is 0.337. The highest BCUT2D eigenvalue weighted by Crippen LogP contribution is 2.36. The average Bonchev–Trinajstić information content (AvgIpc) is 3.44. The number of benzene rings is 2. The summed E-state index contributed by atoms with van der Waals surface area (Å²) < 4.78 is 7.57. The van der Waals surface area contributed by atoms with E-state index in [2.05, 4.69) is 32.6 Å². The molecular weight excluding hydrogens is 460 g/mol. The molecule has 7 heteroatoms. The highest BCUT2D eigenvalue weighted by atomic mass is 35.5. The number of aromatic nitrogens is 2. The van der Waals surface area contributed by atoms with Gasteiger partial charge in [0, 0.05) is 11.6 Å². The van der Waals surface area contributed by atoms with E-state index in [1.54, 1.807) is 29.0 Å². The Labute approximate surface area is 209 Å². The van der Waals surface area contributed by atoms with Crippen LogP contribution in [0, 0.1) is 5.92 Å². The van der Waals surface area contributed by atoms with Gasteiger partial charge in [-0.15, -0.1) is 0 Å². The number of amidine groups is 1. The van der Waals surface area contributed by atoms with Crippen molar-refractivity contribution in [1.82, 2.24) is 14.5 Å². The third-order valence-electron chi connectivity index (χ3n) is 6.34. The Balaban J connectivity index is 1.73. The molecule has 35 heavy (non-hydrogen) atoms. The Bertz CT molecular complexity index is 1440. The Morgan fingerprint density at radius 2 is 1.86 bits per heavy atom. The van der Waals surface area contributed by atoms with E-state index in [4.69, 9.17) is 26.0 Å². The molecule has 1 aliphatic rings. The second-order valence-corrected chi connectivity index (χ2v) is 10.5. The molecule has 0 radical (unpaired) electrons. The Kier molecular flexibility index (Phi) is 6.01. The zero-order valence-electron chi connectivity index (χ0n) is 20.4. The summed E-state index contributed by atoms with van der Waals surface area (Å²) in [4.78, 5) is 26.2. The van der Waals surface area contributed by atoms with Gasteiger partial charge in [0.2, 0.25) is 0 Å². The van der Waals surface area contributed by atoms with E-state index < -0.39 is 0 Å². The van der Waals surface area contributed by atoms with Crippen LogP contribution in [-0.2, 0) is 6.54 Å². The molecule has 0 bridgehead atoms. The van der Waals surface area contributed by atoms with Crippen LogP contribution < -0.4 is 5.56 Å². The molecule has 1 atom stereocenters. The summed E-state index contributed by atoms with van der Waals surface area (Å²) in [5, 5.41) is 1.11. The zero-order valence-corrected chi connectivity index (χ0v) is 21.2. The van der Waals surface area contributed by atoms with Gasteiger partial charge in [-0.2, -0.15) is 0 Å². The van der Waals surface area contributed by atoms with E-state index in [1.165, 1.54) is 0 Å². The molecule has 6 nitrogen and oxygen atoms in total. The fourth-order valence-electron chi connectivity index (χ4n) is 4.86.